The molecular formula is C18H14N4O3S3. The summed E-state index contributed by atoms with van der Waals surface area (Å²) in [4.78, 5) is 24.9. The van der Waals surface area contributed by atoms with Gasteiger partial charge in [-0.2, -0.15) is 0 Å². The minimum Gasteiger partial charge on any atom is -0.311 e. The van der Waals surface area contributed by atoms with E-state index in [0.717, 1.165) is 21.3 Å². The molecule has 0 N–H and O–H groups in total. The quantitative estimate of drug-likeness (QED) is 0.260. The van der Waals surface area contributed by atoms with Crippen molar-refractivity contribution in [2.75, 3.05) is 17.2 Å². The van der Waals surface area contributed by atoms with E-state index in [9.17, 15) is 14.9 Å². The second-order valence-electron chi connectivity index (χ2n) is 6.04. The molecule has 0 bridgehead atoms. The minimum atomic E-state index is -0.419. The van der Waals surface area contributed by atoms with Crippen LogP contribution in [0.3, 0.4) is 0 Å². The van der Waals surface area contributed by atoms with Crippen LogP contribution < -0.4 is 4.90 Å². The minimum absolute atomic E-state index is 0.0497. The van der Waals surface area contributed by atoms with E-state index in [1.54, 1.807) is 21.7 Å². The highest BCUT2D eigenvalue weighted by atomic mass is 32.2. The molecule has 0 fully saturated rings. The van der Waals surface area contributed by atoms with Crippen molar-refractivity contribution in [1.29, 1.82) is 0 Å². The van der Waals surface area contributed by atoms with Crippen molar-refractivity contribution in [1.82, 2.24) is 9.78 Å². The molecule has 0 saturated carbocycles. The topological polar surface area (TPSA) is 81.3 Å². The lowest BCUT2D eigenvalue weighted by molar-refractivity contribution is -0.384. The largest absolute Gasteiger partial charge is 0.311 e. The summed E-state index contributed by atoms with van der Waals surface area (Å²) in [6, 6.07) is 14.2. The summed E-state index contributed by atoms with van der Waals surface area (Å²) >= 11 is 8.10. The molecule has 2 heterocycles. The SMILES string of the molecule is O=C(CSc1nn(-c2ccccc2)c(=S)s1)N1CCc2cc([N+](=O)[O-])ccc21. The molecule has 3 aromatic rings. The van der Waals surface area contributed by atoms with Crippen LogP contribution in [-0.2, 0) is 11.2 Å². The highest BCUT2D eigenvalue weighted by Gasteiger charge is 2.26. The van der Waals surface area contributed by atoms with Crippen LogP contribution in [0.25, 0.3) is 5.69 Å². The number of anilines is 1. The highest BCUT2D eigenvalue weighted by Crippen LogP contribution is 2.32. The fourth-order valence-electron chi connectivity index (χ4n) is 3.01. The number of thioether (sulfide) groups is 1. The Morgan fingerprint density at radius 2 is 2.07 bits per heavy atom. The molecule has 1 aromatic heterocycles. The van der Waals surface area contributed by atoms with Crippen molar-refractivity contribution in [2.45, 2.75) is 10.8 Å². The van der Waals surface area contributed by atoms with Crippen molar-refractivity contribution in [3.05, 3.63) is 68.2 Å². The van der Waals surface area contributed by atoms with Crippen molar-refractivity contribution in [3.8, 4) is 5.69 Å². The number of non-ortho nitro benzene ring substituents is 1. The molecular weight excluding hydrogens is 416 g/mol. The third kappa shape index (κ3) is 3.71. The zero-order chi connectivity index (χ0) is 19.7. The van der Waals surface area contributed by atoms with Crippen LogP contribution in [0.1, 0.15) is 5.56 Å². The number of nitro benzene ring substituents is 1. The summed E-state index contributed by atoms with van der Waals surface area (Å²) in [6.07, 6.45) is 0.620. The Morgan fingerprint density at radius 3 is 2.82 bits per heavy atom. The van der Waals surface area contributed by atoms with E-state index in [1.165, 1.54) is 29.2 Å². The summed E-state index contributed by atoms with van der Waals surface area (Å²) in [5, 5.41) is 15.4. The van der Waals surface area contributed by atoms with Gasteiger partial charge in [-0.15, -0.1) is 5.10 Å². The number of nitrogens with zero attached hydrogens (tertiary/aromatic N) is 4. The van der Waals surface area contributed by atoms with Crippen molar-refractivity contribution >= 4 is 52.6 Å². The number of hydrogen-bond donors (Lipinski definition) is 0. The molecule has 4 rings (SSSR count). The van der Waals surface area contributed by atoms with Crippen LogP contribution in [0.4, 0.5) is 11.4 Å². The van der Waals surface area contributed by atoms with E-state index < -0.39 is 4.92 Å². The van der Waals surface area contributed by atoms with Crippen LogP contribution >= 0.6 is 35.3 Å². The predicted molar refractivity (Wildman–Crippen MR) is 112 cm³/mol. The number of benzene rings is 2. The molecule has 7 nitrogen and oxygen atoms in total. The van der Waals surface area contributed by atoms with Crippen molar-refractivity contribution < 1.29 is 9.72 Å². The Balaban J connectivity index is 1.45. The standard InChI is InChI=1S/C18H14N4O3S3/c23-16(20-9-8-12-10-14(22(24)25)6-7-15(12)20)11-27-17-19-21(18(26)28-17)13-4-2-1-3-5-13/h1-7,10H,8-9,11H2. The lowest BCUT2D eigenvalue weighted by Crippen LogP contribution is -2.30. The van der Waals surface area contributed by atoms with Gasteiger partial charge in [0.05, 0.1) is 16.4 Å². The number of fused-ring (bicyclic) bond motifs is 1. The first-order valence-corrected chi connectivity index (χ1v) is 10.6. The number of carbonyl (C=O) groups is 1. The van der Waals surface area contributed by atoms with Crippen LogP contribution in [0.2, 0.25) is 0 Å². The number of hydrogen-bond acceptors (Lipinski definition) is 7. The average molecular weight is 431 g/mol. The van der Waals surface area contributed by atoms with Crippen LogP contribution in [-0.4, -0.2) is 32.9 Å². The second kappa shape index (κ2) is 7.82. The van der Waals surface area contributed by atoms with Gasteiger partial charge in [0, 0.05) is 24.4 Å². The van der Waals surface area contributed by atoms with Crippen molar-refractivity contribution in [3.63, 3.8) is 0 Å². The normalized spacial score (nSPS) is 12.8. The fraction of sp³-hybridized carbons (Fsp3) is 0.167. The molecule has 1 aliphatic rings. The number of amides is 1. The first kappa shape index (κ1) is 18.8. The Morgan fingerprint density at radius 1 is 1.29 bits per heavy atom. The van der Waals surface area contributed by atoms with E-state index >= 15 is 0 Å². The number of para-hydroxylation sites is 1. The highest BCUT2D eigenvalue weighted by molar-refractivity contribution is 8.01. The number of rotatable bonds is 5. The number of nitro groups is 1. The van der Waals surface area contributed by atoms with E-state index in [2.05, 4.69) is 5.10 Å². The fourth-order valence-corrected chi connectivity index (χ4v) is 5.25. The molecule has 142 valence electrons. The van der Waals surface area contributed by atoms with Gasteiger partial charge in [0.15, 0.2) is 8.29 Å². The zero-order valence-electron chi connectivity index (χ0n) is 14.5. The van der Waals surface area contributed by atoms with Gasteiger partial charge in [-0.25, -0.2) is 4.68 Å². The predicted octanol–water partition coefficient (Wildman–Crippen LogP) is 4.25. The van der Waals surface area contributed by atoms with Gasteiger partial charge in [-0.05, 0) is 42.4 Å². The van der Waals surface area contributed by atoms with E-state index in [-0.39, 0.29) is 17.3 Å². The Hall–Kier alpha value is -2.56. The molecule has 0 unspecified atom stereocenters. The summed E-state index contributed by atoms with van der Waals surface area (Å²) < 4.78 is 3.04. The third-order valence-corrected chi connectivity index (χ3v) is 6.67. The first-order chi connectivity index (χ1) is 13.5. The molecule has 0 atom stereocenters. The van der Waals surface area contributed by atoms with Gasteiger partial charge in [0.2, 0.25) is 5.91 Å². The molecule has 0 spiro atoms. The maximum absolute atomic E-state index is 12.7. The lowest BCUT2D eigenvalue weighted by atomic mass is 10.1. The van der Waals surface area contributed by atoms with Crippen LogP contribution in [0.5, 0.6) is 0 Å². The zero-order valence-corrected chi connectivity index (χ0v) is 16.9. The Kier molecular flexibility index (Phi) is 5.25. The molecule has 0 radical (unpaired) electrons. The molecule has 0 aliphatic carbocycles. The van der Waals surface area contributed by atoms with Gasteiger partial charge >= 0.3 is 0 Å². The lowest BCUT2D eigenvalue weighted by Gasteiger charge is -2.16. The summed E-state index contributed by atoms with van der Waals surface area (Å²) in [5.41, 5.74) is 2.51. The molecule has 1 aliphatic heterocycles. The Bertz CT molecular complexity index is 1110. The summed E-state index contributed by atoms with van der Waals surface area (Å²) in [6.45, 7) is 0.532. The number of carbonyl (C=O) groups excluding carboxylic acids is 1. The van der Waals surface area contributed by atoms with E-state index in [4.69, 9.17) is 12.2 Å². The number of aromatic nitrogens is 2. The maximum Gasteiger partial charge on any atom is 0.269 e. The van der Waals surface area contributed by atoms with Gasteiger partial charge in [-0.3, -0.25) is 14.9 Å². The monoisotopic (exact) mass is 430 g/mol. The first-order valence-electron chi connectivity index (χ1n) is 8.39. The molecule has 28 heavy (non-hydrogen) atoms. The second-order valence-corrected chi connectivity index (χ2v) is 8.88. The smallest absolute Gasteiger partial charge is 0.269 e. The molecule has 2 aromatic carbocycles. The van der Waals surface area contributed by atoms with Crippen LogP contribution in [0.15, 0.2) is 52.9 Å². The van der Waals surface area contributed by atoms with Gasteiger partial charge in [0.1, 0.15) is 0 Å². The van der Waals surface area contributed by atoms with E-state index in [1.807, 2.05) is 30.3 Å². The van der Waals surface area contributed by atoms with Crippen molar-refractivity contribution in [2.24, 2.45) is 0 Å². The third-order valence-electron chi connectivity index (χ3n) is 4.32. The average Bonchev–Trinajstić information content (AvgIpc) is 3.29. The van der Waals surface area contributed by atoms with E-state index in [0.29, 0.717) is 16.9 Å². The summed E-state index contributed by atoms with van der Waals surface area (Å²) in [5.74, 6) is 0.179. The molecule has 1 amide bonds. The van der Waals surface area contributed by atoms with Gasteiger partial charge in [0.25, 0.3) is 5.69 Å². The Labute approximate surface area is 173 Å². The molecule has 10 heteroatoms. The molecule has 0 saturated heterocycles. The van der Waals surface area contributed by atoms with Gasteiger partial charge < -0.3 is 4.90 Å². The van der Waals surface area contributed by atoms with Gasteiger partial charge in [-0.1, -0.05) is 41.3 Å². The summed E-state index contributed by atoms with van der Waals surface area (Å²) in [7, 11) is 0. The maximum atomic E-state index is 12.7. The van der Waals surface area contributed by atoms with Crippen LogP contribution in [0, 0.1) is 14.1 Å².